The highest BCUT2D eigenvalue weighted by Gasteiger charge is 2.60. The second-order valence-electron chi connectivity index (χ2n) is 9.26. The molecule has 2 N–H and O–H groups in total. The van der Waals surface area contributed by atoms with Crippen LogP contribution in [-0.4, -0.2) is 21.4 Å². The van der Waals surface area contributed by atoms with Gasteiger partial charge in [-0.2, -0.15) is 0 Å². The summed E-state index contributed by atoms with van der Waals surface area (Å²) < 4.78 is 0. The standard InChI is InChI=1S/C20H36O2/c1-7-18(5,21)13-14-19(6)15(2)10-12-20(22)16(19)9-8-11-17(20,3)4/h7,15-16,21-22H,1,8-14H2,2-6H3. The monoisotopic (exact) mass is 308 g/mol. The van der Waals surface area contributed by atoms with Crippen LogP contribution in [0.25, 0.3) is 0 Å². The molecule has 0 aromatic heterocycles. The largest absolute Gasteiger partial charge is 0.389 e. The molecule has 0 saturated heterocycles. The zero-order valence-electron chi connectivity index (χ0n) is 15.3. The Hall–Kier alpha value is -0.340. The summed E-state index contributed by atoms with van der Waals surface area (Å²) in [6, 6.07) is 0. The Bertz CT molecular complexity index is 425. The molecule has 0 heterocycles. The first-order chi connectivity index (χ1) is 9.98. The summed E-state index contributed by atoms with van der Waals surface area (Å²) in [6.45, 7) is 14.8. The van der Waals surface area contributed by atoms with Crippen molar-refractivity contribution < 1.29 is 10.2 Å². The SMILES string of the molecule is C=CC(C)(O)CCC1(C)C(C)CCC2(O)C1CCCC2(C)C. The smallest absolute Gasteiger partial charge is 0.0797 e. The molecule has 2 saturated carbocycles. The van der Waals surface area contributed by atoms with Crippen molar-refractivity contribution in [3.8, 4) is 0 Å². The number of fused-ring (bicyclic) bond motifs is 1. The molecular weight excluding hydrogens is 272 g/mol. The fraction of sp³-hybridized carbons (Fsp3) is 0.900. The highest BCUT2D eigenvalue weighted by atomic mass is 16.3. The Kier molecular flexibility index (Phi) is 4.61. The van der Waals surface area contributed by atoms with Crippen LogP contribution in [-0.2, 0) is 0 Å². The van der Waals surface area contributed by atoms with Gasteiger partial charge in [0.1, 0.15) is 0 Å². The van der Waals surface area contributed by atoms with E-state index in [0.717, 1.165) is 38.5 Å². The van der Waals surface area contributed by atoms with Gasteiger partial charge in [-0.25, -0.2) is 0 Å². The molecule has 22 heavy (non-hydrogen) atoms. The normalized spacial score (nSPS) is 44.0. The fourth-order valence-electron chi connectivity index (χ4n) is 5.22. The zero-order valence-corrected chi connectivity index (χ0v) is 15.3. The molecular formula is C20H36O2. The van der Waals surface area contributed by atoms with Gasteiger partial charge in [-0.15, -0.1) is 6.58 Å². The predicted molar refractivity (Wildman–Crippen MR) is 92.6 cm³/mol. The average molecular weight is 309 g/mol. The van der Waals surface area contributed by atoms with Gasteiger partial charge in [0, 0.05) is 0 Å². The van der Waals surface area contributed by atoms with Crippen molar-refractivity contribution in [2.75, 3.05) is 0 Å². The minimum atomic E-state index is -0.803. The van der Waals surface area contributed by atoms with Crippen LogP contribution in [0.4, 0.5) is 0 Å². The molecule has 0 spiro atoms. The molecule has 2 nitrogen and oxygen atoms in total. The van der Waals surface area contributed by atoms with Crippen molar-refractivity contribution in [1.82, 2.24) is 0 Å². The summed E-state index contributed by atoms with van der Waals surface area (Å²) >= 11 is 0. The molecule has 2 heteroatoms. The number of rotatable bonds is 4. The molecule has 0 bridgehead atoms. The summed E-state index contributed by atoms with van der Waals surface area (Å²) in [5.74, 6) is 0.931. The van der Waals surface area contributed by atoms with Gasteiger partial charge in [0.05, 0.1) is 11.2 Å². The second-order valence-corrected chi connectivity index (χ2v) is 9.26. The first kappa shape index (κ1) is 18.0. The van der Waals surface area contributed by atoms with Crippen LogP contribution in [0.5, 0.6) is 0 Å². The molecule has 128 valence electrons. The summed E-state index contributed by atoms with van der Waals surface area (Å²) in [4.78, 5) is 0. The maximum atomic E-state index is 11.6. The Labute approximate surface area is 137 Å². The summed E-state index contributed by atoms with van der Waals surface area (Å²) in [5, 5.41) is 21.9. The number of aliphatic hydroxyl groups is 2. The van der Waals surface area contributed by atoms with Gasteiger partial charge in [0.25, 0.3) is 0 Å². The maximum Gasteiger partial charge on any atom is 0.0797 e. The minimum Gasteiger partial charge on any atom is -0.389 e. The van der Waals surface area contributed by atoms with Crippen molar-refractivity contribution in [2.45, 2.75) is 90.8 Å². The van der Waals surface area contributed by atoms with E-state index < -0.39 is 11.2 Å². The summed E-state index contributed by atoms with van der Waals surface area (Å²) in [6.07, 6.45) is 8.80. The van der Waals surface area contributed by atoms with Crippen LogP contribution in [0.15, 0.2) is 12.7 Å². The topological polar surface area (TPSA) is 40.5 Å². The zero-order chi connectivity index (χ0) is 16.8. The Morgan fingerprint density at radius 1 is 1.23 bits per heavy atom. The Balaban J connectivity index is 2.30. The lowest BCUT2D eigenvalue weighted by Crippen LogP contribution is -2.62. The van der Waals surface area contributed by atoms with Crippen molar-refractivity contribution in [3.63, 3.8) is 0 Å². The van der Waals surface area contributed by atoms with Crippen molar-refractivity contribution in [1.29, 1.82) is 0 Å². The lowest BCUT2D eigenvalue weighted by atomic mass is 9.45. The van der Waals surface area contributed by atoms with Gasteiger partial charge in [-0.3, -0.25) is 0 Å². The van der Waals surface area contributed by atoms with Crippen molar-refractivity contribution in [3.05, 3.63) is 12.7 Å². The van der Waals surface area contributed by atoms with Gasteiger partial charge in [0.2, 0.25) is 0 Å². The van der Waals surface area contributed by atoms with Gasteiger partial charge in [-0.1, -0.05) is 40.2 Å². The lowest BCUT2D eigenvalue weighted by Gasteiger charge is -2.62. The molecule has 0 aromatic rings. The number of hydrogen-bond acceptors (Lipinski definition) is 2. The van der Waals surface area contributed by atoms with E-state index in [9.17, 15) is 10.2 Å². The van der Waals surface area contributed by atoms with Crippen LogP contribution in [0.1, 0.15) is 79.6 Å². The second kappa shape index (κ2) is 5.63. The van der Waals surface area contributed by atoms with E-state index in [4.69, 9.17) is 0 Å². The third kappa shape index (κ3) is 2.78. The fourth-order valence-corrected chi connectivity index (χ4v) is 5.22. The molecule has 2 aliphatic rings. The van der Waals surface area contributed by atoms with E-state index in [1.807, 2.05) is 6.92 Å². The average Bonchev–Trinajstić information content (AvgIpc) is 2.44. The van der Waals surface area contributed by atoms with E-state index in [1.165, 1.54) is 6.42 Å². The molecule has 2 aliphatic carbocycles. The van der Waals surface area contributed by atoms with Crippen LogP contribution in [0.3, 0.4) is 0 Å². The van der Waals surface area contributed by atoms with E-state index >= 15 is 0 Å². The van der Waals surface area contributed by atoms with Gasteiger partial charge in [0.15, 0.2) is 0 Å². The molecule has 2 fully saturated rings. The first-order valence-electron chi connectivity index (χ1n) is 9.07. The predicted octanol–water partition coefficient (Wildman–Crippen LogP) is 4.70. The highest BCUT2D eigenvalue weighted by molar-refractivity contribution is 5.11. The quantitative estimate of drug-likeness (QED) is 0.739. The van der Waals surface area contributed by atoms with E-state index in [0.29, 0.717) is 11.8 Å². The Morgan fingerprint density at radius 3 is 2.45 bits per heavy atom. The van der Waals surface area contributed by atoms with Gasteiger partial charge < -0.3 is 10.2 Å². The summed E-state index contributed by atoms with van der Waals surface area (Å²) in [7, 11) is 0. The number of hydrogen-bond donors (Lipinski definition) is 2. The van der Waals surface area contributed by atoms with Crippen LogP contribution < -0.4 is 0 Å². The third-order valence-corrected chi connectivity index (χ3v) is 7.53. The first-order valence-corrected chi connectivity index (χ1v) is 9.07. The molecule has 0 radical (unpaired) electrons. The molecule has 5 atom stereocenters. The molecule has 0 aromatic carbocycles. The van der Waals surface area contributed by atoms with Crippen LogP contribution in [0.2, 0.25) is 0 Å². The molecule has 2 rings (SSSR count). The summed E-state index contributed by atoms with van der Waals surface area (Å²) in [5.41, 5.74) is -1.26. The van der Waals surface area contributed by atoms with E-state index in [-0.39, 0.29) is 10.8 Å². The Morgan fingerprint density at radius 2 is 1.86 bits per heavy atom. The van der Waals surface area contributed by atoms with E-state index in [1.54, 1.807) is 6.08 Å². The van der Waals surface area contributed by atoms with Crippen molar-refractivity contribution >= 4 is 0 Å². The third-order valence-electron chi connectivity index (χ3n) is 7.53. The van der Waals surface area contributed by atoms with Crippen molar-refractivity contribution in [2.24, 2.45) is 22.7 Å². The van der Waals surface area contributed by atoms with Gasteiger partial charge in [-0.05, 0) is 68.1 Å². The highest BCUT2D eigenvalue weighted by Crippen LogP contribution is 2.62. The van der Waals surface area contributed by atoms with Gasteiger partial charge >= 0.3 is 0 Å². The minimum absolute atomic E-state index is 0.00171. The van der Waals surface area contributed by atoms with Crippen LogP contribution in [0, 0.1) is 22.7 Å². The van der Waals surface area contributed by atoms with Crippen LogP contribution >= 0.6 is 0 Å². The van der Waals surface area contributed by atoms with E-state index in [2.05, 4.69) is 34.3 Å². The lowest BCUT2D eigenvalue weighted by molar-refractivity contribution is -0.214. The molecule has 0 amide bonds. The maximum absolute atomic E-state index is 11.6. The molecule has 0 aliphatic heterocycles. The molecule has 5 unspecified atom stereocenters.